The summed E-state index contributed by atoms with van der Waals surface area (Å²) in [5.74, 6) is 5.02. The lowest BCUT2D eigenvalue weighted by molar-refractivity contribution is -0.132. The smallest absolute Gasteiger partial charge is 0.312 e. The number of nitrogens with zero attached hydrogens (tertiary/aromatic N) is 1. The van der Waals surface area contributed by atoms with Gasteiger partial charge in [0.2, 0.25) is 0 Å². The molecule has 0 aliphatic rings. The number of hydrazine groups is 1. The van der Waals surface area contributed by atoms with E-state index in [1.807, 2.05) is 0 Å². The molecule has 3 nitrogen and oxygen atoms in total. The minimum absolute atomic E-state index is 0.155. The van der Waals surface area contributed by atoms with Gasteiger partial charge < -0.3 is 5.43 Å². The molecule has 0 rings (SSSR count). The molecule has 0 aromatic carbocycles. The summed E-state index contributed by atoms with van der Waals surface area (Å²) in [5, 5.41) is 0. The molecule has 0 aromatic rings. The molecule has 0 aliphatic heterocycles. The number of halogens is 3. The summed E-state index contributed by atoms with van der Waals surface area (Å²) in [5.41, 5.74) is 2.07. The Kier molecular flexibility index (Phi) is 3.88. The lowest BCUT2D eigenvalue weighted by atomic mass is 10.3. The largest absolute Gasteiger partial charge is 0.389 e. The SMILES string of the molecule is CN=C(CCC(F)(F)F)NN. The van der Waals surface area contributed by atoms with E-state index in [9.17, 15) is 13.2 Å². The number of hydrogen-bond donors (Lipinski definition) is 2. The first-order valence-electron chi connectivity index (χ1n) is 2.98. The first-order chi connectivity index (χ1) is 4.99. The number of nitrogens with one attached hydrogen (secondary N) is 1. The van der Waals surface area contributed by atoms with E-state index >= 15 is 0 Å². The Balaban J connectivity index is 3.70. The molecule has 6 heteroatoms. The highest BCUT2D eigenvalue weighted by atomic mass is 19.4. The van der Waals surface area contributed by atoms with Crippen molar-refractivity contribution in [2.75, 3.05) is 7.05 Å². The molecule has 0 radical (unpaired) electrons. The van der Waals surface area contributed by atoms with Crippen LogP contribution in [-0.4, -0.2) is 19.1 Å². The molecule has 66 valence electrons. The molecule has 0 aliphatic carbocycles. The molecule has 0 fully saturated rings. The third-order valence-electron chi connectivity index (χ3n) is 1.08. The van der Waals surface area contributed by atoms with Gasteiger partial charge in [0, 0.05) is 13.5 Å². The van der Waals surface area contributed by atoms with E-state index in [2.05, 4.69) is 10.4 Å². The van der Waals surface area contributed by atoms with E-state index in [0.717, 1.165) is 0 Å². The molecule has 0 atom stereocenters. The first-order valence-corrected chi connectivity index (χ1v) is 2.98. The summed E-state index contributed by atoms with van der Waals surface area (Å²) in [7, 11) is 1.38. The molecular weight excluding hydrogens is 159 g/mol. The van der Waals surface area contributed by atoms with Crippen molar-refractivity contribution in [3.8, 4) is 0 Å². The van der Waals surface area contributed by atoms with Crippen LogP contribution in [0.3, 0.4) is 0 Å². The van der Waals surface area contributed by atoms with Gasteiger partial charge in [0.05, 0.1) is 6.42 Å². The minimum atomic E-state index is -4.15. The van der Waals surface area contributed by atoms with E-state index in [0.29, 0.717) is 0 Å². The van der Waals surface area contributed by atoms with Crippen LogP contribution in [0.4, 0.5) is 13.2 Å². The number of aliphatic imine (C=N–C) groups is 1. The van der Waals surface area contributed by atoms with Crippen LogP contribution < -0.4 is 11.3 Å². The quantitative estimate of drug-likeness (QED) is 0.278. The van der Waals surface area contributed by atoms with E-state index in [4.69, 9.17) is 5.84 Å². The predicted molar refractivity (Wildman–Crippen MR) is 36.0 cm³/mol. The van der Waals surface area contributed by atoms with Gasteiger partial charge in [0.1, 0.15) is 5.84 Å². The fraction of sp³-hybridized carbons (Fsp3) is 0.800. The summed E-state index contributed by atoms with van der Waals surface area (Å²) in [6.45, 7) is 0. The van der Waals surface area contributed by atoms with Gasteiger partial charge in [-0.05, 0) is 0 Å². The van der Waals surface area contributed by atoms with Crippen LogP contribution in [0.2, 0.25) is 0 Å². The molecule has 11 heavy (non-hydrogen) atoms. The first kappa shape index (κ1) is 10.2. The molecule has 0 heterocycles. The fourth-order valence-corrected chi connectivity index (χ4v) is 0.509. The van der Waals surface area contributed by atoms with E-state index < -0.39 is 12.6 Å². The van der Waals surface area contributed by atoms with E-state index in [1.165, 1.54) is 7.05 Å². The molecule has 3 N–H and O–H groups in total. The second-order valence-corrected chi connectivity index (χ2v) is 1.93. The van der Waals surface area contributed by atoms with Gasteiger partial charge in [0.25, 0.3) is 0 Å². The van der Waals surface area contributed by atoms with Crippen LogP contribution in [-0.2, 0) is 0 Å². The zero-order valence-corrected chi connectivity index (χ0v) is 6.07. The summed E-state index contributed by atoms with van der Waals surface area (Å²) in [6, 6.07) is 0. The van der Waals surface area contributed by atoms with E-state index in [-0.39, 0.29) is 12.3 Å². The van der Waals surface area contributed by atoms with Gasteiger partial charge in [-0.15, -0.1) is 0 Å². The molecule has 0 aromatic heterocycles. The highest BCUT2D eigenvalue weighted by Gasteiger charge is 2.26. The molecule has 0 bridgehead atoms. The molecule has 0 saturated heterocycles. The van der Waals surface area contributed by atoms with Crippen LogP contribution in [0.5, 0.6) is 0 Å². The average Bonchev–Trinajstić information content (AvgIpc) is 1.88. The zero-order chi connectivity index (χ0) is 8.91. The van der Waals surface area contributed by atoms with Gasteiger partial charge in [-0.25, -0.2) is 5.84 Å². The van der Waals surface area contributed by atoms with Crippen LogP contribution in [0.25, 0.3) is 0 Å². The molecule has 0 saturated carbocycles. The number of alkyl halides is 3. The summed E-state index contributed by atoms with van der Waals surface area (Å²) in [6.07, 6.45) is -5.24. The Hall–Kier alpha value is -0.780. The fourth-order valence-electron chi connectivity index (χ4n) is 0.509. The van der Waals surface area contributed by atoms with Crippen molar-refractivity contribution in [2.24, 2.45) is 10.8 Å². The Morgan fingerprint density at radius 2 is 2.09 bits per heavy atom. The number of hydrogen-bond acceptors (Lipinski definition) is 2. The number of nitrogens with two attached hydrogens (primary N) is 1. The maximum Gasteiger partial charge on any atom is 0.389 e. The van der Waals surface area contributed by atoms with Crippen molar-refractivity contribution in [3.63, 3.8) is 0 Å². The second-order valence-electron chi connectivity index (χ2n) is 1.93. The topological polar surface area (TPSA) is 50.4 Å². The Bertz CT molecular complexity index is 140. The minimum Gasteiger partial charge on any atom is -0.312 e. The monoisotopic (exact) mass is 169 g/mol. The van der Waals surface area contributed by atoms with Gasteiger partial charge in [-0.1, -0.05) is 0 Å². The maximum atomic E-state index is 11.6. The average molecular weight is 169 g/mol. The van der Waals surface area contributed by atoms with Crippen molar-refractivity contribution in [2.45, 2.75) is 19.0 Å². The van der Waals surface area contributed by atoms with Crippen LogP contribution in [0, 0.1) is 0 Å². The Labute approximate surface area is 62.5 Å². The van der Waals surface area contributed by atoms with Crippen molar-refractivity contribution in [1.82, 2.24) is 5.43 Å². The van der Waals surface area contributed by atoms with Crippen LogP contribution in [0.1, 0.15) is 12.8 Å². The van der Waals surface area contributed by atoms with E-state index in [1.54, 1.807) is 0 Å². The molecule has 0 unspecified atom stereocenters. The van der Waals surface area contributed by atoms with Crippen molar-refractivity contribution >= 4 is 5.84 Å². The normalized spacial score (nSPS) is 13.4. The summed E-state index contributed by atoms with van der Waals surface area (Å²) in [4.78, 5) is 3.49. The van der Waals surface area contributed by atoms with Gasteiger partial charge in [-0.3, -0.25) is 4.99 Å². The van der Waals surface area contributed by atoms with Crippen molar-refractivity contribution in [3.05, 3.63) is 0 Å². The Morgan fingerprint density at radius 1 is 1.55 bits per heavy atom. The van der Waals surface area contributed by atoms with Crippen molar-refractivity contribution in [1.29, 1.82) is 0 Å². The Morgan fingerprint density at radius 3 is 2.36 bits per heavy atom. The van der Waals surface area contributed by atoms with Crippen molar-refractivity contribution < 1.29 is 13.2 Å². The highest BCUT2D eigenvalue weighted by Crippen LogP contribution is 2.20. The third kappa shape index (κ3) is 5.65. The highest BCUT2D eigenvalue weighted by molar-refractivity contribution is 5.81. The summed E-state index contributed by atoms with van der Waals surface area (Å²) >= 11 is 0. The molecule has 0 spiro atoms. The van der Waals surface area contributed by atoms with Gasteiger partial charge in [0.15, 0.2) is 0 Å². The molecule has 0 amide bonds. The zero-order valence-electron chi connectivity index (χ0n) is 6.07. The number of amidine groups is 1. The van der Waals surface area contributed by atoms with Gasteiger partial charge in [-0.2, -0.15) is 13.2 Å². The lowest BCUT2D eigenvalue weighted by Crippen LogP contribution is -2.31. The second kappa shape index (κ2) is 4.17. The van der Waals surface area contributed by atoms with Crippen LogP contribution in [0.15, 0.2) is 4.99 Å². The lowest BCUT2D eigenvalue weighted by Gasteiger charge is -2.06. The van der Waals surface area contributed by atoms with Crippen LogP contribution >= 0.6 is 0 Å². The standard InChI is InChI=1S/C5H10F3N3/c1-10-4(11-9)2-3-5(6,7)8/h2-3,9H2,1H3,(H,10,11). The predicted octanol–water partition coefficient (Wildman–Crippen LogP) is 0.821. The number of rotatable bonds is 2. The van der Waals surface area contributed by atoms with Gasteiger partial charge >= 0.3 is 6.18 Å². The molecular formula is C5H10F3N3. The third-order valence-corrected chi connectivity index (χ3v) is 1.08. The maximum absolute atomic E-state index is 11.6. The summed E-state index contributed by atoms with van der Waals surface area (Å²) < 4.78 is 34.7.